The molecule has 0 saturated heterocycles. The van der Waals surface area contributed by atoms with Crippen LogP contribution in [0.4, 0.5) is 0 Å². The van der Waals surface area contributed by atoms with Crippen LogP contribution in [0, 0.1) is 6.92 Å². The second kappa shape index (κ2) is 5.35. The molecule has 1 aromatic carbocycles. The zero-order valence-electron chi connectivity index (χ0n) is 12.3. The van der Waals surface area contributed by atoms with Gasteiger partial charge < -0.3 is 0 Å². The molecule has 0 radical (unpaired) electrons. The Balaban J connectivity index is 1.86. The van der Waals surface area contributed by atoms with Gasteiger partial charge in [0.05, 0.1) is 10.8 Å². The molecule has 3 aromatic rings. The van der Waals surface area contributed by atoms with E-state index in [9.17, 15) is 4.79 Å². The third kappa shape index (κ3) is 2.27. The Kier molecular flexibility index (Phi) is 3.33. The molecule has 1 fully saturated rings. The van der Waals surface area contributed by atoms with Gasteiger partial charge in [-0.05, 0) is 31.9 Å². The fourth-order valence-electron chi connectivity index (χ4n) is 2.91. The Morgan fingerprint density at radius 3 is 2.95 bits per heavy atom. The Hall–Kier alpha value is -1.95. The van der Waals surface area contributed by atoms with Crippen LogP contribution in [0.2, 0.25) is 0 Å². The van der Waals surface area contributed by atoms with Crippen molar-refractivity contribution in [3.05, 3.63) is 30.1 Å². The van der Waals surface area contributed by atoms with Crippen LogP contribution in [0.15, 0.2) is 29.4 Å². The summed E-state index contributed by atoms with van der Waals surface area (Å²) < 4.78 is 1.78. The van der Waals surface area contributed by atoms with Crippen LogP contribution in [-0.4, -0.2) is 30.6 Å². The molecular weight excluding hydrogens is 296 g/mol. The second-order valence-corrected chi connectivity index (χ2v) is 6.79. The highest BCUT2D eigenvalue weighted by atomic mass is 32.2. The van der Waals surface area contributed by atoms with E-state index in [2.05, 4.69) is 10.1 Å². The number of nitrogens with zero attached hydrogens (tertiary/aromatic N) is 4. The SMILES string of the molecule is Cc1nc2c3ccccc3nc(SC3CCCCC3=O)n2n1. The number of hydrogen-bond donors (Lipinski definition) is 0. The Labute approximate surface area is 132 Å². The molecule has 2 aromatic heterocycles. The minimum absolute atomic E-state index is 0.00452. The lowest BCUT2D eigenvalue weighted by molar-refractivity contribution is -0.119. The van der Waals surface area contributed by atoms with E-state index >= 15 is 0 Å². The van der Waals surface area contributed by atoms with Crippen molar-refractivity contribution < 1.29 is 4.79 Å². The van der Waals surface area contributed by atoms with Crippen molar-refractivity contribution in [1.29, 1.82) is 0 Å². The molecular formula is C16H16N4OS. The van der Waals surface area contributed by atoms with Gasteiger partial charge in [0.15, 0.2) is 10.8 Å². The molecule has 5 nitrogen and oxygen atoms in total. The molecule has 112 valence electrons. The van der Waals surface area contributed by atoms with E-state index in [1.807, 2.05) is 31.2 Å². The zero-order valence-corrected chi connectivity index (χ0v) is 13.1. The lowest BCUT2D eigenvalue weighted by Gasteiger charge is -2.19. The van der Waals surface area contributed by atoms with Crippen LogP contribution < -0.4 is 0 Å². The average molecular weight is 312 g/mol. The lowest BCUT2D eigenvalue weighted by atomic mass is 9.99. The van der Waals surface area contributed by atoms with E-state index in [0.717, 1.165) is 46.8 Å². The van der Waals surface area contributed by atoms with Crippen LogP contribution in [0.3, 0.4) is 0 Å². The van der Waals surface area contributed by atoms with Crippen LogP contribution in [0.1, 0.15) is 31.5 Å². The largest absolute Gasteiger partial charge is 0.298 e. The number of carbonyl (C=O) groups excluding carboxylic acids is 1. The molecule has 1 aliphatic carbocycles. The molecule has 0 aliphatic heterocycles. The Morgan fingerprint density at radius 2 is 2.09 bits per heavy atom. The van der Waals surface area contributed by atoms with Gasteiger partial charge in [-0.15, -0.1) is 5.10 Å². The van der Waals surface area contributed by atoms with Crippen LogP contribution in [0.25, 0.3) is 16.6 Å². The molecule has 4 rings (SSSR count). The number of para-hydroxylation sites is 1. The summed E-state index contributed by atoms with van der Waals surface area (Å²) in [5.41, 5.74) is 1.71. The quantitative estimate of drug-likeness (QED) is 0.680. The average Bonchev–Trinajstić information content (AvgIpc) is 2.92. The maximum atomic E-state index is 12.1. The zero-order chi connectivity index (χ0) is 15.1. The normalized spacial score (nSPS) is 19.1. The summed E-state index contributed by atoms with van der Waals surface area (Å²) in [4.78, 5) is 21.4. The summed E-state index contributed by atoms with van der Waals surface area (Å²) in [7, 11) is 0. The van der Waals surface area contributed by atoms with Crippen molar-refractivity contribution in [3.8, 4) is 0 Å². The van der Waals surface area contributed by atoms with Crippen molar-refractivity contribution in [2.45, 2.75) is 43.0 Å². The monoisotopic (exact) mass is 312 g/mol. The first-order valence-electron chi connectivity index (χ1n) is 7.54. The van der Waals surface area contributed by atoms with Crippen LogP contribution in [-0.2, 0) is 4.79 Å². The summed E-state index contributed by atoms with van der Waals surface area (Å²) >= 11 is 1.53. The van der Waals surface area contributed by atoms with Crippen molar-refractivity contribution >= 4 is 34.1 Å². The predicted molar refractivity (Wildman–Crippen MR) is 86.1 cm³/mol. The van der Waals surface area contributed by atoms with Gasteiger partial charge in [-0.2, -0.15) is 4.52 Å². The highest BCUT2D eigenvalue weighted by Gasteiger charge is 2.25. The van der Waals surface area contributed by atoms with E-state index in [-0.39, 0.29) is 5.25 Å². The number of fused-ring (bicyclic) bond motifs is 3. The molecule has 1 aliphatic rings. The van der Waals surface area contributed by atoms with Gasteiger partial charge in [0.25, 0.3) is 0 Å². The summed E-state index contributed by atoms with van der Waals surface area (Å²) in [5.74, 6) is 1.05. The van der Waals surface area contributed by atoms with E-state index in [4.69, 9.17) is 4.98 Å². The molecule has 1 saturated carbocycles. The first kappa shape index (κ1) is 13.7. The number of Topliss-reactive ketones (excluding diaryl/α,β-unsaturated/α-hetero) is 1. The number of carbonyl (C=O) groups is 1. The number of rotatable bonds is 2. The number of ketones is 1. The highest BCUT2D eigenvalue weighted by molar-refractivity contribution is 8.00. The Morgan fingerprint density at radius 1 is 1.23 bits per heavy atom. The fourth-order valence-corrected chi connectivity index (χ4v) is 4.08. The Bertz CT molecular complexity index is 873. The lowest BCUT2D eigenvalue weighted by Crippen LogP contribution is -2.22. The minimum atomic E-state index is -0.00452. The molecule has 1 atom stereocenters. The number of aryl methyl sites for hydroxylation is 1. The van der Waals surface area contributed by atoms with Crippen LogP contribution in [0.5, 0.6) is 0 Å². The van der Waals surface area contributed by atoms with Gasteiger partial charge >= 0.3 is 0 Å². The molecule has 0 spiro atoms. The number of thioether (sulfide) groups is 1. The van der Waals surface area contributed by atoms with Gasteiger partial charge in [0.2, 0.25) is 0 Å². The maximum Gasteiger partial charge on any atom is 0.192 e. The minimum Gasteiger partial charge on any atom is -0.298 e. The van der Waals surface area contributed by atoms with Crippen molar-refractivity contribution in [2.24, 2.45) is 0 Å². The second-order valence-electron chi connectivity index (χ2n) is 5.62. The molecule has 1 unspecified atom stereocenters. The van der Waals surface area contributed by atoms with E-state index in [0.29, 0.717) is 12.2 Å². The standard InChI is InChI=1S/C16H16N4OS/c1-10-17-15-11-6-2-3-7-12(11)18-16(20(15)19-10)22-14-9-5-4-8-13(14)21/h2-3,6-7,14H,4-5,8-9H2,1H3. The summed E-state index contributed by atoms with van der Waals surface area (Å²) in [6.45, 7) is 1.88. The number of hydrogen-bond acceptors (Lipinski definition) is 5. The summed E-state index contributed by atoms with van der Waals surface area (Å²) in [5, 5.41) is 6.21. The highest BCUT2D eigenvalue weighted by Crippen LogP contribution is 2.32. The third-order valence-electron chi connectivity index (χ3n) is 4.00. The smallest absolute Gasteiger partial charge is 0.192 e. The first-order valence-corrected chi connectivity index (χ1v) is 8.42. The first-order chi connectivity index (χ1) is 10.7. The maximum absolute atomic E-state index is 12.1. The summed E-state index contributed by atoms with van der Waals surface area (Å²) in [6, 6.07) is 7.93. The topological polar surface area (TPSA) is 60.2 Å². The molecule has 0 bridgehead atoms. The van der Waals surface area contributed by atoms with Crippen LogP contribution >= 0.6 is 11.8 Å². The molecule has 22 heavy (non-hydrogen) atoms. The van der Waals surface area contributed by atoms with Gasteiger partial charge in [0, 0.05) is 11.8 Å². The van der Waals surface area contributed by atoms with Gasteiger partial charge in [-0.3, -0.25) is 4.79 Å². The van der Waals surface area contributed by atoms with Gasteiger partial charge in [-0.1, -0.05) is 30.3 Å². The molecule has 6 heteroatoms. The van der Waals surface area contributed by atoms with Gasteiger partial charge in [0.1, 0.15) is 11.6 Å². The molecule has 0 amide bonds. The predicted octanol–water partition coefficient (Wildman–Crippen LogP) is 3.19. The van der Waals surface area contributed by atoms with Crippen molar-refractivity contribution in [3.63, 3.8) is 0 Å². The van der Waals surface area contributed by atoms with E-state index in [1.54, 1.807) is 4.52 Å². The van der Waals surface area contributed by atoms with Crippen molar-refractivity contribution in [1.82, 2.24) is 19.6 Å². The van der Waals surface area contributed by atoms with Crippen molar-refractivity contribution in [2.75, 3.05) is 0 Å². The number of aromatic nitrogens is 4. The third-order valence-corrected chi connectivity index (χ3v) is 5.26. The molecule has 0 N–H and O–H groups in total. The van der Waals surface area contributed by atoms with E-state index in [1.165, 1.54) is 11.8 Å². The molecule has 2 heterocycles. The van der Waals surface area contributed by atoms with E-state index < -0.39 is 0 Å². The fraction of sp³-hybridized carbons (Fsp3) is 0.375. The number of benzene rings is 1. The summed E-state index contributed by atoms with van der Waals surface area (Å²) in [6.07, 6.45) is 3.73. The van der Waals surface area contributed by atoms with Gasteiger partial charge in [-0.25, -0.2) is 9.97 Å².